The van der Waals surface area contributed by atoms with E-state index in [1.807, 2.05) is 5.32 Å². The zero-order valence-corrected chi connectivity index (χ0v) is 9.08. The summed E-state index contributed by atoms with van der Waals surface area (Å²) in [6.45, 7) is 1.03. The van der Waals surface area contributed by atoms with Gasteiger partial charge in [0.05, 0.1) is 12.1 Å². The van der Waals surface area contributed by atoms with Crippen LogP contribution in [0.1, 0.15) is 13.8 Å². The Balaban J connectivity index is 0. The Morgan fingerprint density at radius 3 is 2.07 bits per heavy atom. The van der Waals surface area contributed by atoms with Gasteiger partial charge in [0.15, 0.2) is 0 Å². The summed E-state index contributed by atoms with van der Waals surface area (Å²) >= 11 is 0. The number of hydrogen-bond acceptors (Lipinski definition) is 3. The minimum absolute atomic E-state index is 0. The molecule has 0 fully saturated rings. The minimum Gasteiger partial charge on any atom is -0.388 e. The van der Waals surface area contributed by atoms with Crippen molar-refractivity contribution in [3.05, 3.63) is 0 Å². The number of aliphatic hydroxyl groups is 1. The van der Waals surface area contributed by atoms with Crippen LogP contribution in [0.4, 0.5) is 13.2 Å². The van der Waals surface area contributed by atoms with Crippen molar-refractivity contribution >= 4 is 18.3 Å². The van der Waals surface area contributed by atoms with Crippen LogP contribution in [0.2, 0.25) is 0 Å². The predicted molar refractivity (Wildman–Crippen MR) is 50.6 cm³/mol. The molecule has 1 amide bonds. The van der Waals surface area contributed by atoms with Gasteiger partial charge in [-0.25, -0.2) is 0 Å². The number of halogens is 4. The molecule has 0 aliphatic heterocycles. The van der Waals surface area contributed by atoms with Crippen molar-refractivity contribution in [1.29, 1.82) is 0 Å². The fraction of sp³-hybridized carbons (Fsp3) is 0.857. The zero-order chi connectivity index (χ0) is 11.6. The second-order valence-electron chi connectivity index (χ2n) is 3.49. The maximum absolute atomic E-state index is 11.8. The summed E-state index contributed by atoms with van der Waals surface area (Å²) in [6.07, 6.45) is -4.45. The number of carbonyl (C=O) groups excluding carboxylic acids is 1. The van der Waals surface area contributed by atoms with E-state index >= 15 is 0 Å². The Kier molecular flexibility index (Phi) is 6.22. The maximum Gasteiger partial charge on any atom is 0.401 e. The molecule has 0 aliphatic carbocycles. The summed E-state index contributed by atoms with van der Waals surface area (Å²) in [5.41, 5.74) is 3.20. The van der Waals surface area contributed by atoms with Crippen molar-refractivity contribution in [2.75, 3.05) is 6.54 Å². The Hall–Kier alpha value is -0.530. The molecule has 4 nitrogen and oxygen atoms in total. The van der Waals surface area contributed by atoms with Crippen molar-refractivity contribution < 1.29 is 23.1 Å². The summed E-state index contributed by atoms with van der Waals surface area (Å²) in [5, 5.41) is 11.2. The molecule has 0 bridgehead atoms. The smallest absolute Gasteiger partial charge is 0.388 e. The molecule has 0 rings (SSSR count). The highest BCUT2D eigenvalue weighted by molar-refractivity contribution is 5.85. The Morgan fingerprint density at radius 2 is 1.87 bits per heavy atom. The van der Waals surface area contributed by atoms with Crippen LogP contribution in [0, 0.1) is 0 Å². The standard InChI is InChI=1S/C7H13F3N2O2.ClH/c1-6(2,14)4(5(11)13)12-3-7(8,9)10;/h4,12,14H,3H2,1-2H3,(H2,11,13);1H/t4-;/m0./s1. The maximum atomic E-state index is 11.8. The fourth-order valence-electron chi connectivity index (χ4n) is 0.916. The van der Waals surface area contributed by atoms with E-state index in [1.165, 1.54) is 13.8 Å². The lowest BCUT2D eigenvalue weighted by Crippen LogP contribution is -2.56. The molecule has 0 saturated carbocycles. The van der Waals surface area contributed by atoms with Crippen LogP contribution in [0.3, 0.4) is 0 Å². The van der Waals surface area contributed by atoms with E-state index in [4.69, 9.17) is 5.73 Å². The molecule has 0 aromatic carbocycles. The third kappa shape index (κ3) is 7.40. The first-order valence-electron chi connectivity index (χ1n) is 3.86. The van der Waals surface area contributed by atoms with Gasteiger partial charge in [-0.15, -0.1) is 12.4 Å². The predicted octanol–water partition coefficient (Wildman–Crippen LogP) is 0.185. The molecule has 8 heteroatoms. The van der Waals surface area contributed by atoms with Crippen LogP contribution in [0.25, 0.3) is 0 Å². The number of nitrogens with one attached hydrogen (secondary N) is 1. The number of rotatable bonds is 4. The van der Waals surface area contributed by atoms with Gasteiger partial charge in [-0.1, -0.05) is 0 Å². The van der Waals surface area contributed by atoms with Crippen LogP contribution in [-0.2, 0) is 4.79 Å². The molecule has 0 aromatic rings. The lowest BCUT2D eigenvalue weighted by molar-refractivity contribution is -0.136. The largest absolute Gasteiger partial charge is 0.401 e. The molecular weight excluding hydrogens is 237 g/mol. The van der Waals surface area contributed by atoms with Crippen LogP contribution in [0.5, 0.6) is 0 Å². The molecule has 0 aromatic heterocycles. The second-order valence-corrected chi connectivity index (χ2v) is 3.49. The summed E-state index contributed by atoms with van der Waals surface area (Å²) in [4.78, 5) is 10.7. The quantitative estimate of drug-likeness (QED) is 0.667. The number of hydrogen-bond donors (Lipinski definition) is 3. The van der Waals surface area contributed by atoms with Crippen molar-refractivity contribution in [3.63, 3.8) is 0 Å². The van der Waals surface area contributed by atoms with Crippen molar-refractivity contribution in [3.8, 4) is 0 Å². The Bertz CT molecular complexity index is 215. The van der Waals surface area contributed by atoms with Gasteiger partial charge in [0.1, 0.15) is 6.04 Å². The van der Waals surface area contributed by atoms with Gasteiger partial charge in [0.25, 0.3) is 0 Å². The first kappa shape index (κ1) is 16.9. The third-order valence-electron chi connectivity index (χ3n) is 1.50. The van der Waals surface area contributed by atoms with E-state index in [-0.39, 0.29) is 12.4 Å². The molecule has 4 N–H and O–H groups in total. The molecule has 0 saturated heterocycles. The minimum atomic E-state index is -4.45. The first-order chi connectivity index (χ1) is 6.04. The molecule has 92 valence electrons. The van der Waals surface area contributed by atoms with Crippen LogP contribution < -0.4 is 11.1 Å². The normalized spacial score (nSPS) is 14.3. The highest BCUT2D eigenvalue weighted by Crippen LogP contribution is 2.15. The molecule has 1 atom stereocenters. The molecule has 15 heavy (non-hydrogen) atoms. The summed E-state index contributed by atoms with van der Waals surface area (Å²) < 4.78 is 35.3. The van der Waals surface area contributed by atoms with Crippen molar-refractivity contribution in [2.45, 2.75) is 31.7 Å². The molecule has 0 unspecified atom stereocenters. The monoisotopic (exact) mass is 250 g/mol. The van der Waals surface area contributed by atoms with Gasteiger partial charge in [0, 0.05) is 0 Å². The molecule has 0 heterocycles. The Morgan fingerprint density at radius 1 is 1.47 bits per heavy atom. The van der Waals surface area contributed by atoms with E-state index in [1.54, 1.807) is 0 Å². The summed E-state index contributed by atoms with van der Waals surface area (Å²) in [5.74, 6) is -1.03. The highest BCUT2D eigenvalue weighted by Gasteiger charge is 2.35. The van der Waals surface area contributed by atoms with Gasteiger partial charge in [-0.05, 0) is 13.8 Å². The van der Waals surface area contributed by atoms with Gasteiger partial charge < -0.3 is 10.8 Å². The molecular formula is C7H14ClF3N2O2. The van der Waals surface area contributed by atoms with E-state index < -0.39 is 30.3 Å². The van der Waals surface area contributed by atoms with Crippen LogP contribution >= 0.6 is 12.4 Å². The molecule has 0 aliphatic rings. The van der Waals surface area contributed by atoms with E-state index in [0.29, 0.717) is 0 Å². The van der Waals surface area contributed by atoms with Crippen molar-refractivity contribution in [1.82, 2.24) is 5.32 Å². The van der Waals surface area contributed by atoms with E-state index in [2.05, 4.69) is 0 Å². The SMILES string of the molecule is CC(C)(O)[C@@H](NCC(F)(F)F)C(N)=O.Cl. The lowest BCUT2D eigenvalue weighted by Gasteiger charge is -2.27. The second kappa shape index (κ2) is 5.53. The number of alkyl halides is 3. The third-order valence-corrected chi connectivity index (χ3v) is 1.50. The Labute approximate surface area is 91.4 Å². The van der Waals surface area contributed by atoms with Crippen molar-refractivity contribution in [2.24, 2.45) is 5.73 Å². The van der Waals surface area contributed by atoms with Gasteiger partial charge in [-0.3, -0.25) is 10.1 Å². The van der Waals surface area contributed by atoms with E-state index in [9.17, 15) is 23.1 Å². The van der Waals surface area contributed by atoms with Crippen LogP contribution in [0.15, 0.2) is 0 Å². The van der Waals surface area contributed by atoms with Crippen LogP contribution in [-0.4, -0.2) is 35.4 Å². The van der Waals surface area contributed by atoms with Gasteiger partial charge >= 0.3 is 6.18 Å². The molecule has 0 radical (unpaired) electrons. The number of carbonyl (C=O) groups is 1. The van der Waals surface area contributed by atoms with Gasteiger partial charge in [-0.2, -0.15) is 13.2 Å². The van der Waals surface area contributed by atoms with E-state index in [0.717, 1.165) is 0 Å². The molecule has 0 spiro atoms. The number of nitrogens with two attached hydrogens (primary N) is 1. The number of amides is 1. The fourth-order valence-corrected chi connectivity index (χ4v) is 0.916. The summed E-state index contributed by atoms with van der Waals surface area (Å²) in [7, 11) is 0. The zero-order valence-electron chi connectivity index (χ0n) is 8.26. The highest BCUT2D eigenvalue weighted by atomic mass is 35.5. The first-order valence-corrected chi connectivity index (χ1v) is 3.86. The average molecular weight is 251 g/mol. The average Bonchev–Trinajstić information content (AvgIpc) is 1.79. The number of primary amides is 1. The lowest BCUT2D eigenvalue weighted by atomic mass is 9.98. The summed E-state index contributed by atoms with van der Waals surface area (Å²) in [6, 6.07) is -1.43. The van der Waals surface area contributed by atoms with Gasteiger partial charge in [0.2, 0.25) is 5.91 Å². The topological polar surface area (TPSA) is 75.3 Å².